The molecule has 1 heterocycles. The van der Waals surface area contributed by atoms with E-state index in [1.807, 2.05) is 13.8 Å². The molecule has 3 amide bonds. The van der Waals surface area contributed by atoms with Gasteiger partial charge in [-0.3, -0.25) is 19.3 Å². The van der Waals surface area contributed by atoms with Crippen molar-refractivity contribution in [2.24, 2.45) is 5.92 Å². The molecule has 1 atom stereocenters. The SMILES string of the molecule is CC(C)[C@@H](CO)NC(=O)CCN1C(=O)CCC1=O. The maximum Gasteiger partial charge on any atom is 0.229 e. The van der Waals surface area contributed by atoms with Gasteiger partial charge in [0.25, 0.3) is 0 Å². The Morgan fingerprint density at radius 2 is 1.89 bits per heavy atom. The Bertz CT molecular complexity index is 325. The molecule has 1 saturated heterocycles. The van der Waals surface area contributed by atoms with Crippen molar-refractivity contribution in [2.45, 2.75) is 39.2 Å². The lowest BCUT2D eigenvalue weighted by Gasteiger charge is -2.20. The van der Waals surface area contributed by atoms with Gasteiger partial charge in [0.1, 0.15) is 0 Å². The maximum atomic E-state index is 11.6. The summed E-state index contributed by atoms with van der Waals surface area (Å²) in [4.78, 5) is 35.4. The topological polar surface area (TPSA) is 86.7 Å². The molecule has 1 fully saturated rings. The largest absolute Gasteiger partial charge is 0.394 e. The summed E-state index contributed by atoms with van der Waals surface area (Å²) in [7, 11) is 0. The van der Waals surface area contributed by atoms with E-state index in [0.29, 0.717) is 0 Å². The van der Waals surface area contributed by atoms with E-state index in [-0.39, 0.29) is 62.1 Å². The van der Waals surface area contributed by atoms with Crippen LogP contribution >= 0.6 is 0 Å². The van der Waals surface area contributed by atoms with E-state index < -0.39 is 0 Å². The van der Waals surface area contributed by atoms with Crippen molar-refractivity contribution < 1.29 is 19.5 Å². The minimum atomic E-state index is -0.289. The van der Waals surface area contributed by atoms with Crippen LogP contribution in [0.2, 0.25) is 0 Å². The van der Waals surface area contributed by atoms with E-state index in [2.05, 4.69) is 5.32 Å². The zero-order chi connectivity index (χ0) is 13.7. The molecule has 2 N–H and O–H groups in total. The first-order valence-corrected chi connectivity index (χ1v) is 6.19. The van der Waals surface area contributed by atoms with Crippen molar-refractivity contribution in [1.29, 1.82) is 0 Å². The third kappa shape index (κ3) is 3.80. The number of imide groups is 1. The highest BCUT2D eigenvalue weighted by Crippen LogP contribution is 2.11. The standard InChI is InChI=1S/C12H20N2O4/c1-8(2)9(7-15)13-10(16)5-6-14-11(17)3-4-12(14)18/h8-9,15H,3-7H2,1-2H3,(H,13,16)/t9-/m1/s1. The van der Waals surface area contributed by atoms with Crippen LogP contribution in [-0.2, 0) is 14.4 Å². The summed E-state index contributed by atoms with van der Waals surface area (Å²) >= 11 is 0. The monoisotopic (exact) mass is 256 g/mol. The van der Waals surface area contributed by atoms with Crippen LogP contribution in [0.5, 0.6) is 0 Å². The number of amides is 3. The van der Waals surface area contributed by atoms with E-state index in [1.54, 1.807) is 0 Å². The molecule has 102 valence electrons. The van der Waals surface area contributed by atoms with E-state index in [1.165, 1.54) is 0 Å². The molecule has 18 heavy (non-hydrogen) atoms. The normalized spacial score (nSPS) is 17.4. The number of rotatable bonds is 6. The summed E-state index contributed by atoms with van der Waals surface area (Å²) in [6.45, 7) is 3.80. The van der Waals surface area contributed by atoms with Gasteiger partial charge >= 0.3 is 0 Å². The van der Waals surface area contributed by atoms with Crippen LogP contribution in [0, 0.1) is 5.92 Å². The number of nitrogens with one attached hydrogen (secondary N) is 1. The number of likely N-dealkylation sites (tertiary alicyclic amines) is 1. The molecule has 0 unspecified atom stereocenters. The van der Waals surface area contributed by atoms with Gasteiger partial charge < -0.3 is 10.4 Å². The average Bonchev–Trinajstić information content (AvgIpc) is 2.63. The fourth-order valence-electron chi connectivity index (χ4n) is 1.79. The zero-order valence-corrected chi connectivity index (χ0v) is 10.8. The van der Waals surface area contributed by atoms with Crippen molar-refractivity contribution in [3.05, 3.63) is 0 Å². The van der Waals surface area contributed by atoms with Gasteiger partial charge in [0.2, 0.25) is 17.7 Å². The number of hydrogen-bond acceptors (Lipinski definition) is 4. The highest BCUT2D eigenvalue weighted by atomic mass is 16.3. The first-order chi connectivity index (χ1) is 8.45. The van der Waals surface area contributed by atoms with Gasteiger partial charge in [0, 0.05) is 25.8 Å². The number of carbonyl (C=O) groups excluding carboxylic acids is 3. The average molecular weight is 256 g/mol. The van der Waals surface area contributed by atoms with E-state index in [4.69, 9.17) is 5.11 Å². The second kappa shape index (κ2) is 6.49. The summed E-state index contributed by atoms with van der Waals surface area (Å²) in [6, 6.07) is -0.289. The molecular formula is C12H20N2O4. The Labute approximate surface area is 106 Å². The molecule has 0 aliphatic carbocycles. The van der Waals surface area contributed by atoms with Crippen LogP contribution in [0.1, 0.15) is 33.1 Å². The highest BCUT2D eigenvalue weighted by Gasteiger charge is 2.29. The van der Waals surface area contributed by atoms with Crippen LogP contribution in [0.25, 0.3) is 0 Å². The molecule has 0 aromatic heterocycles. The molecule has 0 radical (unpaired) electrons. The number of hydrogen-bond donors (Lipinski definition) is 2. The van der Waals surface area contributed by atoms with Gasteiger partial charge in [-0.15, -0.1) is 0 Å². The van der Waals surface area contributed by atoms with E-state index >= 15 is 0 Å². The lowest BCUT2D eigenvalue weighted by atomic mass is 10.1. The van der Waals surface area contributed by atoms with Gasteiger partial charge in [0.15, 0.2) is 0 Å². The van der Waals surface area contributed by atoms with Gasteiger partial charge in [-0.1, -0.05) is 13.8 Å². The van der Waals surface area contributed by atoms with Crippen molar-refractivity contribution in [2.75, 3.05) is 13.2 Å². The third-order valence-corrected chi connectivity index (χ3v) is 3.07. The summed E-state index contributed by atoms with van der Waals surface area (Å²) in [5, 5.41) is 11.8. The highest BCUT2D eigenvalue weighted by molar-refractivity contribution is 6.02. The Morgan fingerprint density at radius 3 is 2.33 bits per heavy atom. The summed E-state index contributed by atoms with van der Waals surface area (Å²) < 4.78 is 0. The van der Waals surface area contributed by atoms with Crippen LogP contribution in [0.15, 0.2) is 0 Å². The second-order valence-corrected chi connectivity index (χ2v) is 4.79. The fourth-order valence-corrected chi connectivity index (χ4v) is 1.79. The van der Waals surface area contributed by atoms with E-state index in [0.717, 1.165) is 4.90 Å². The number of aliphatic hydroxyl groups excluding tert-OH is 1. The Hall–Kier alpha value is -1.43. The molecule has 0 aromatic carbocycles. The summed E-state index contributed by atoms with van der Waals surface area (Å²) in [5.41, 5.74) is 0. The van der Waals surface area contributed by atoms with Crippen LogP contribution in [0.4, 0.5) is 0 Å². The predicted octanol–water partition coefficient (Wildman–Crippen LogP) is -0.341. The summed E-state index contributed by atoms with van der Waals surface area (Å²) in [5.74, 6) is -0.546. The molecule has 0 saturated carbocycles. The van der Waals surface area contributed by atoms with Crippen molar-refractivity contribution >= 4 is 17.7 Å². The maximum absolute atomic E-state index is 11.6. The van der Waals surface area contributed by atoms with Crippen LogP contribution in [0.3, 0.4) is 0 Å². The Morgan fingerprint density at radius 1 is 1.33 bits per heavy atom. The molecule has 1 aliphatic heterocycles. The fraction of sp³-hybridized carbons (Fsp3) is 0.750. The predicted molar refractivity (Wildman–Crippen MR) is 64.4 cm³/mol. The third-order valence-electron chi connectivity index (χ3n) is 3.07. The quantitative estimate of drug-likeness (QED) is 0.636. The first kappa shape index (κ1) is 14.6. The molecule has 0 spiro atoms. The van der Waals surface area contributed by atoms with Crippen molar-refractivity contribution in [3.8, 4) is 0 Å². The lowest BCUT2D eigenvalue weighted by Crippen LogP contribution is -2.42. The zero-order valence-electron chi connectivity index (χ0n) is 10.8. The van der Waals surface area contributed by atoms with Gasteiger partial charge in [0.05, 0.1) is 12.6 Å². The number of carbonyl (C=O) groups is 3. The van der Waals surface area contributed by atoms with Crippen molar-refractivity contribution in [3.63, 3.8) is 0 Å². The number of nitrogens with zero attached hydrogens (tertiary/aromatic N) is 1. The first-order valence-electron chi connectivity index (χ1n) is 6.19. The Balaban J connectivity index is 2.37. The smallest absolute Gasteiger partial charge is 0.229 e. The molecule has 1 rings (SSSR count). The summed E-state index contributed by atoms with van der Waals surface area (Å²) in [6.07, 6.45) is 0.568. The second-order valence-electron chi connectivity index (χ2n) is 4.79. The lowest BCUT2D eigenvalue weighted by molar-refractivity contribution is -0.138. The van der Waals surface area contributed by atoms with Crippen LogP contribution in [-0.4, -0.2) is 46.9 Å². The molecule has 0 bridgehead atoms. The van der Waals surface area contributed by atoms with Crippen LogP contribution < -0.4 is 5.32 Å². The number of aliphatic hydroxyl groups is 1. The molecule has 0 aromatic rings. The van der Waals surface area contributed by atoms with E-state index in [9.17, 15) is 14.4 Å². The molecule has 6 heteroatoms. The van der Waals surface area contributed by atoms with Crippen molar-refractivity contribution in [1.82, 2.24) is 10.2 Å². The Kier molecular flexibility index (Phi) is 5.27. The molecule has 1 aliphatic rings. The van der Waals surface area contributed by atoms with Gasteiger partial charge in [-0.25, -0.2) is 0 Å². The molecule has 6 nitrogen and oxygen atoms in total. The van der Waals surface area contributed by atoms with Gasteiger partial charge in [-0.05, 0) is 5.92 Å². The minimum absolute atomic E-state index is 0.0840. The minimum Gasteiger partial charge on any atom is -0.394 e. The molecular weight excluding hydrogens is 236 g/mol. The van der Waals surface area contributed by atoms with Gasteiger partial charge in [-0.2, -0.15) is 0 Å².